The Labute approximate surface area is 101 Å². The Balaban J connectivity index is 2.48. The second-order valence-electron chi connectivity index (χ2n) is 6.95. The fourth-order valence-corrected chi connectivity index (χ4v) is 3.11. The Morgan fingerprint density at radius 1 is 1.12 bits per heavy atom. The molecule has 1 aliphatic rings. The molecule has 0 heterocycles. The maximum Gasteiger partial charge on any atom is 0.0499 e. The van der Waals surface area contributed by atoms with Crippen molar-refractivity contribution in [2.75, 3.05) is 26.7 Å². The van der Waals surface area contributed by atoms with Crippen LogP contribution in [0.15, 0.2) is 0 Å². The van der Waals surface area contributed by atoms with Gasteiger partial charge >= 0.3 is 0 Å². The van der Waals surface area contributed by atoms with Crippen molar-refractivity contribution in [3.8, 4) is 0 Å². The molecule has 1 aliphatic carbocycles. The lowest BCUT2D eigenvalue weighted by atomic mass is 9.74. The minimum Gasteiger partial charge on any atom is -0.396 e. The predicted octanol–water partition coefficient (Wildman–Crippen LogP) is 2.91. The van der Waals surface area contributed by atoms with Crippen molar-refractivity contribution in [2.24, 2.45) is 10.8 Å². The fraction of sp³-hybridized carbons (Fsp3) is 1.00. The minimum absolute atomic E-state index is 0.193. The molecular formula is C14H29NO. The number of rotatable bonds is 4. The van der Waals surface area contributed by atoms with E-state index in [1.165, 1.54) is 32.1 Å². The summed E-state index contributed by atoms with van der Waals surface area (Å²) < 4.78 is 0. The Morgan fingerprint density at radius 2 is 1.69 bits per heavy atom. The summed E-state index contributed by atoms with van der Waals surface area (Å²) in [5, 5.41) is 9.66. The lowest BCUT2D eigenvalue weighted by molar-refractivity contribution is 0.0395. The van der Waals surface area contributed by atoms with Crippen LogP contribution in [-0.2, 0) is 0 Å². The van der Waals surface area contributed by atoms with Gasteiger partial charge in [-0.1, -0.05) is 40.0 Å². The van der Waals surface area contributed by atoms with Gasteiger partial charge in [0.05, 0.1) is 0 Å². The molecule has 0 radical (unpaired) electrons. The molecule has 2 nitrogen and oxygen atoms in total. The third-order valence-corrected chi connectivity index (χ3v) is 3.60. The smallest absolute Gasteiger partial charge is 0.0499 e. The van der Waals surface area contributed by atoms with Gasteiger partial charge in [0, 0.05) is 25.1 Å². The molecule has 0 aromatic rings. The molecule has 16 heavy (non-hydrogen) atoms. The highest BCUT2D eigenvalue weighted by atomic mass is 16.3. The van der Waals surface area contributed by atoms with Gasteiger partial charge in [-0.3, -0.25) is 0 Å². The predicted molar refractivity (Wildman–Crippen MR) is 69.6 cm³/mol. The van der Waals surface area contributed by atoms with E-state index < -0.39 is 0 Å². The molecule has 0 aromatic heterocycles. The van der Waals surface area contributed by atoms with Crippen LogP contribution in [0.3, 0.4) is 0 Å². The van der Waals surface area contributed by atoms with Gasteiger partial charge in [-0.15, -0.1) is 0 Å². The highest BCUT2D eigenvalue weighted by Gasteiger charge is 2.33. The van der Waals surface area contributed by atoms with Crippen molar-refractivity contribution in [3.05, 3.63) is 0 Å². The Hall–Kier alpha value is -0.0800. The van der Waals surface area contributed by atoms with Crippen LogP contribution >= 0.6 is 0 Å². The molecule has 1 rings (SSSR count). The van der Waals surface area contributed by atoms with Crippen molar-refractivity contribution in [2.45, 2.75) is 52.9 Å². The molecule has 0 aromatic carbocycles. The summed E-state index contributed by atoms with van der Waals surface area (Å²) in [6, 6.07) is 0. The lowest BCUT2D eigenvalue weighted by Crippen LogP contribution is -2.42. The van der Waals surface area contributed by atoms with E-state index in [9.17, 15) is 5.11 Å². The number of aliphatic hydroxyl groups is 1. The zero-order valence-electron chi connectivity index (χ0n) is 11.6. The second kappa shape index (κ2) is 5.50. The Kier molecular flexibility index (Phi) is 4.81. The normalized spacial score (nSPS) is 21.4. The molecule has 0 unspecified atom stereocenters. The molecule has 0 amide bonds. The molecule has 1 N–H and O–H groups in total. The summed E-state index contributed by atoms with van der Waals surface area (Å²) in [5.74, 6) is 0. The summed E-state index contributed by atoms with van der Waals surface area (Å²) in [7, 11) is 2.19. The van der Waals surface area contributed by atoms with Crippen LogP contribution < -0.4 is 0 Å². The van der Waals surface area contributed by atoms with Gasteiger partial charge in [-0.25, -0.2) is 0 Å². The molecule has 0 bridgehead atoms. The molecule has 0 aliphatic heterocycles. The topological polar surface area (TPSA) is 23.5 Å². The van der Waals surface area contributed by atoms with E-state index in [0.29, 0.717) is 12.0 Å². The highest BCUT2D eigenvalue weighted by Crippen LogP contribution is 2.36. The maximum absolute atomic E-state index is 9.66. The average molecular weight is 227 g/mol. The highest BCUT2D eigenvalue weighted by molar-refractivity contribution is 4.85. The number of nitrogens with zero attached hydrogens (tertiary/aromatic N) is 1. The van der Waals surface area contributed by atoms with Crippen LogP contribution in [-0.4, -0.2) is 36.8 Å². The van der Waals surface area contributed by atoms with Gasteiger partial charge in [0.1, 0.15) is 0 Å². The summed E-state index contributed by atoms with van der Waals surface area (Å²) in [4.78, 5) is 2.40. The zero-order chi connectivity index (χ0) is 12.2. The van der Waals surface area contributed by atoms with E-state index in [2.05, 4.69) is 32.7 Å². The van der Waals surface area contributed by atoms with Crippen molar-refractivity contribution < 1.29 is 5.11 Å². The number of hydrogen-bond acceptors (Lipinski definition) is 2. The molecule has 0 saturated heterocycles. The van der Waals surface area contributed by atoms with Gasteiger partial charge in [0.15, 0.2) is 0 Å². The Morgan fingerprint density at radius 3 is 2.12 bits per heavy atom. The standard InChI is InChI=1S/C14H29NO/c1-13(2,3)10-15(4)11-14(12-16)8-6-5-7-9-14/h16H,5-12H2,1-4H3. The van der Waals surface area contributed by atoms with Crippen molar-refractivity contribution in [1.82, 2.24) is 4.90 Å². The largest absolute Gasteiger partial charge is 0.396 e. The summed E-state index contributed by atoms with van der Waals surface area (Å²) in [5.41, 5.74) is 0.540. The van der Waals surface area contributed by atoms with E-state index in [0.717, 1.165) is 13.1 Å². The molecular weight excluding hydrogens is 198 g/mol. The van der Waals surface area contributed by atoms with Crippen molar-refractivity contribution in [1.29, 1.82) is 0 Å². The van der Waals surface area contributed by atoms with E-state index >= 15 is 0 Å². The number of hydrogen-bond donors (Lipinski definition) is 1. The monoisotopic (exact) mass is 227 g/mol. The molecule has 1 saturated carbocycles. The third-order valence-electron chi connectivity index (χ3n) is 3.60. The van der Waals surface area contributed by atoms with Crippen LogP contribution in [0.1, 0.15) is 52.9 Å². The van der Waals surface area contributed by atoms with E-state index in [1.807, 2.05) is 0 Å². The second-order valence-corrected chi connectivity index (χ2v) is 6.95. The minimum atomic E-state index is 0.193. The summed E-state index contributed by atoms with van der Waals surface area (Å²) >= 11 is 0. The first-order valence-corrected chi connectivity index (χ1v) is 6.66. The quantitative estimate of drug-likeness (QED) is 0.798. The van der Waals surface area contributed by atoms with Gasteiger partial charge < -0.3 is 10.0 Å². The first-order chi connectivity index (χ1) is 7.37. The van der Waals surface area contributed by atoms with E-state index in [4.69, 9.17) is 0 Å². The fourth-order valence-electron chi connectivity index (χ4n) is 3.11. The SMILES string of the molecule is CN(CC(C)(C)C)CC1(CO)CCCCC1. The van der Waals surface area contributed by atoms with E-state index in [-0.39, 0.29) is 5.41 Å². The number of aliphatic hydroxyl groups excluding tert-OH is 1. The van der Waals surface area contributed by atoms with Gasteiger partial charge in [0.25, 0.3) is 0 Å². The average Bonchev–Trinajstić information content (AvgIpc) is 2.16. The summed E-state index contributed by atoms with van der Waals surface area (Å²) in [6.07, 6.45) is 6.36. The van der Waals surface area contributed by atoms with Gasteiger partial charge in [-0.05, 0) is 25.3 Å². The maximum atomic E-state index is 9.66. The van der Waals surface area contributed by atoms with Crippen molar-refractivity contribution >= 4 is 0 Å². The first kappa shape index (κ1) is 14.0. The van der Waals surface area contributed by atoms with Crippen LogP contribution in [0.25, 0.3) is 0 Å². The van der Waals surface area contributed by atoms with Crippen LogP contribution in [0.2, 0.25) is 0 Å². The molecule has 0 spiro atoms. The molecule has 1 fully saturated rings. The molecule has 2 heteroatoms. The first-order valence-electron chi connectivity index (χ1n) is 6.66. The van der Waals surface area contributed by atoms with Gasteiger partial charge in [-0.2, -0.15) is 0 Å². The molecule has 96 valence electrons. The zero-order valence-corrected chi connectivity index (χ0v) is 11.6. The third kappa shape index (κ3) is 4.42. The van der Waals surface area contributed by atoms with Crippen molar-refractivity contribution in [3.63, 3.8) is 0 Å². The lowest BCUT2D eigenvalue weighted by Gasteiger charge is -2.40. The molecule has 0 atom stereocenters. The summed E-state index contributed by atoms with van der Waals surface area (Å²) in [6.45, 7) is 9.35. The Bertz CT molecular complexity index is 201. The van der Waals surface area contributed by atoms with Crippen LogP contribution in [0.4, 0.5) is 0 Å². The van der Waals surface area contributed by atoms with E-state index in [1.54, 1.807) is 0 Å². The van der Waals surface area contributed by atoms with Crippen LogP contribution in [0, 0.1) is 10.8 Å². The van der Waals surface area contributed by atoms with Gasteiger partial charge in [0.2, 0.25) is 0 Å². The van der Waals surface area contributed by atoms with Crippen LogP contribution in [0.5, 0.6) is 0 Å².